The third-order valence-corrected chi connectivity index (χ3v) is 3.99. The van der Waals surface area contributed by atoms with Crippen LogP contribution in [0.4, 0.5) is 5.69 Å². The van der Waals surface area contributed by atoms with Gasteiger partial charge in [-0.25, -0.2) is 0 Å². The van der Waals surface area contributed by atoms with Crippen molar-refractivity contribution in [2.75, 3.05) is 19.0 Å². The number of amides is 1. The quantitative estimate of drug-likeness (QED) is 0.795. The first-order valence-electron chi connectivity index (χ1n) is 7.49. The van der Waals surface area contributed by atoms with Crippen LogP contribution in [0.15, 0.2) is 40.9 Å². The Morgan fingerprint density at radius 3 is 2.43 bits per heavy atom. The summed E-state index contributed by atoms with van der Waals surface area (Å²) in [7, 11) is 1.55. The van der Waals surface area contributed by atoms with Gasteiger partial charge in [0, 0.05) is 11.3 Å². The first-order valence-corrected chi connectivity index (χ1v) is 8.29. The topological polar surface area (TPSA) is 47.6 Å². The Bertz CT molecular complexity index is 683. The van der Waals surface area contributed by atoms with Crippen molar-refractivity contribution in [2.24, 2.45) is 0 Å². The molecule has 0 unspecified atom stereocenters. The molecule has 1 N–H and O–H groups in total. The van der Waals surface area contributed by atoms with E-state index in [1.54, 1.807) is 19.2 Å². The first-order chi connectivity index (χ1) is 11.1. The number of hydrogen-bond acceptors (Lipinski definition) is 3. The Balaban J connectivity index is 2.22. The zero-order valence-electron chi connectivity index (χ0n) is 13.5. The van der Waals surface area contributed by atoms with Crippen LogP contribution < -0.4 is 14.8 Å². The van der Waals surface area contributed by atoms with Gasteiger partial charge >= 0.3 is 0 Å². The fraction of sp³-hybridized carbons (Fsp3) is 0.278. The van der Waals surface area contributed by atoms with E-state index in [2.05, 4.69) is 28.2 Å². The lowest BCUT2D eigenvalue weighted by Gasteiger charge is -2.13. The monoisotopic (exact) mass is 377 g/mol. The third-order valence-electron chi connectivity index (χ3n) is 3.40. The fourth-order valence-corrected chi connectivity index (χ4v) is 2.72. The molecule has 0 saturated heterocycles. The lowest BCUT2D eigenvalue weighted by atomic mass is 10.1. The predicted octanol–water partition coefficient (Wildman–Crippen LogP) is 4.67. The zero-order valence-corrected chi connectivity index (χ0v) is 15.1. The molecule has 0 spiro atoms. The summed E-state index contributed by atoms with van der Waals surface area (Å²) in [4.78, 5) is 12.4. The molecule has 0 aliphatic heterocycles. The van der Waals surface area contributed by atoms with E-state index >= 15 is 0 Å². The first kappa shape index (κ1) is 17.3. The van der Waals surface area contributed by atoms with Gasteiger partial charge in [0.15, 0.2) is 11.5 Å². The summed E-state index contributed by atoms with van der Waals surface area (Å²) in [6, 6.07) is 11.2. The van der Waals surface area contributed by atoms with Crippen molar-refractivity contribution in [3.63, 3.8) is 0 Å². The minimum absolute atomic E-state index is 0.198. The fourth-order valence-electron chi connectivity index (χ4n) is 2.16. The van der Waals surface area contributed by atoms with Crippen LogP contribution in [-0.4, -0.2) is 19.6 Å². The second-order valence-corrected chi connectivity index (χ2v) is 5.78. The highest BCUT2D eigenvalue weighted by Crippen LogP contribution is 2.36. The SMILES string of the molecule is CCOc1c(Br)cc(C(=O)Nc2ccc(CC)cc2)cc1OC. The Morgan fingerprint density at radius 2 is 1.87 bits per heavy atom. The largest absolute Gasteiger partial charge is 0.493 e. The van der Waals surface area contributed by atoms with E-state index in [1.807, 2.05) is 31.2 Å². The number of aryl methyl sites for hydroxylation is 1. The molecule has 1 amide bonds. The number of methoxy groups -OCH3 is 1. The number of ether oxygens (including phenoxy) is 2. The van der Waals surface area contributed by atoms with Gasteiger partial charge in [0.1, 0.15) is 0 Å². The minimum atomic E-state index is -0.198. The van der Waals surface area contributed by atoms with Crippen molar-refractivity contribution in [1.29, 1.82) is 0 Å². The van der Waals surface area contributed by atoms with E-state index in [9.17, 15) is 4.79 Å². The van der Waals surface area contributed by atoms with E-state index in [-0.39, 0.29) is 5.91 Å². The Hall–Kier alpha value is -2.01. The smallest absolute Gasteiger partial charge is 0.255 e. The summed E-state index contributed by atoms with van der Waals surface area (Å²) in [5.74, 6) is 0.919. The van der Waals surface area contributed by atoms with Gasteiger partial charge in [0.05, 0.1) is 18.2 Å². The molecular formula is C18H20BrNO3. The van der Waals surface area contributed by atoms with Gasteiger partial charge in [-0.2, -0.15) is 0 Å². The van der Waals surface area contributed by atoms with E-state index < -0.39 is 0 Å². The average molecular weight is 378 g/mol. The van der Waals surface area contributed by atoms with Gasteiger partial charge in [-0.15, -0.1) is 0 Å². The molecule has 2 aromatic carbocycles. The second kappa shape index (κ2) is 8.02. The summed E-state index contributed by atoms with van der Waals surface area (Å²) in [5, 5.41) is 2.88. The number of carbonyl (C=O) groups excluding carboxylic acids is 1. The van der Waals surface area contributed by atoms with Gasteiger partial charge in [0.2, 0.25) is 0 Å². The minimum Gasteiger partial charge on any atom is -0.493 e. The number of carbonyl (C=O) groups is 1. The van der Waals surface area contributed by atoms with Crippen LogP contribution >= 0.6 is 15.9 Å². The van der Waals surface area contributed by atoms with Crippen LogP contribution in [0.2, 0.25) is 0 Å². The molecule has 0 aliphatic rings. The summed E-state index contributed by atoms with van der Waals surface area (Å²) >= 11 is 3.43. The highest BCUT2D eigenvalue weighted by Gasteiger charge is 2.15. The molecule has 0 aliphatic carbocycles. The van der Waals surface area contributed by atoms with Crippen molar-refractivity contribution >= 4 is 27.5 Å². The highest BCUT2D eigenvalue weighted by molar-refractivity contribution is 9.10. The Morgan fingerprint density at radius 1 is 1.17 bits per heavy atom. The molecular weight excluding hydrogens is 358 g/mol. The molecule has 0 heterocycles. The predicted molar refractivity (Wildman–Crippen MR) is 95.6 cm³/mol. The van der Waals surface area contributed by atoms with Crippen molar-refractivity contribution < 1.29 is 14.3 Å². The zero-order chi connectivity index (χ0) is 16.8. The lowest BCUT2D eigenvalue weighted by molar-refractivity contribution is 0.102. The standard InChI is InChI=1S/C18H20BrNO3/c1-4-12-6-8-14(9-7-12)20-18(21)13-10-15(19)17(23-5-2)16(11-13)22-3/h6-11H,4-5H2,1-3H3,(H,20,21). The number of hydrogen-bond donors (Lipinski definition) is 1. The van der Waals surface area contributed by atoms with E-state index in [0.717, 1.165) is 12.1 Å². The Labute approximate surface area is 144 Å². The maximum Gasteiger partial charge on any atom is 0.255 e. The normalized spacial score (nSPS) is 10.3. The number of benzene rings is 2. The summed E-state index contributed by atoms with van der Waals surface area (Å²) in [6.45, 7) is 4.51. The van der Waals surface area contributed by atoms with Crippen LogP contribution in [0.25, 0.3) is 0 Å². The van der Waals surface area contributed by atoms with Gasteiger partial charge in [-0.05, 0) is 59.1 Å². The van der Waals surface area contributed by atoms with E-state index in [1.165, 1.54) is 5.56 Å². The molecule has 23 heavy (non-hydrogen) atoms. The maximum atomic E-state index is 12.4. The number of rotatable bonds is 6. The number of halogens is 1. The molecule has 0 aromatic heterocycles. The molecule has 2 aromatic rings. The van der Waals surface area contributed by atoms with Crippen LogP contribution in [0.3, 0.4) is 0 Å². The van der Waals surface area contributed by atoms with Crippen molar-refractivity contribution in [1.82, 2.24) is 0 Å². The molecule has 0 bridgehead atoms. The Kier molecular flexibility index (Phi) is 6.04. The van der Waals surface area contributed by atoms with Gasteiger partial charge < -0.3 is 14.8 Å². The number of nitrogens with one attached hydrogen (secondary N) is 1. The molecule has 122 valence electrons. The molecule has 0 saturated carbocycles. The molecule has 0 fully saturated rings. The summed E-state index contributed by atoms with van der Waals surface area (Å²) in [5.41, 5.74) is 2.49. The number of anilines is 1. The van der Waals surface area contributed by atoms with E-state index in [4.69, 9.17) is 9.47 Å². The van der Waals surface area contributed by atoms with Crippen molar-refractivity contribution in [3.8, 4) is 11.5 Å². The molecule has 4 nitrogen and oxygen atoms in total. The van der Waals surface area contributed by atoms with Gasteiger partial charge in [0.25, 0.3) is 5.91 Å². The summed E-state index contributed by atoms with van der Waals surface area (Å²) < 4.78 is 11.5. The van der Waals surface area contributed by atoms with E-state index in [0.29, 0.717) is 28.1 Å². The second-order valence-electron chi connectivity index (χ2n) is 4.93. The van der Waals surface area contributed by atoms with Crippen molar-refractivity contribution in [3.05, 3.63) is 52.0 Å². The molecule has 2 rings (SSSR count). The lowest BCUT2D eigenvalue weighted by Crippen LogP contribution is -2.12. The molecule has 0 radical (unpaired) electrons. The third kappa shape index (κ3) is 4.26. The van der Waals surface area contributed by atoms with Crippen LogP contribution in [0.5, 0.6) is 11.5 Å². The molecule has 5 heteroatoms. The average Bonchev–Trinajstić information content (AvgIpc) is 2.57. The van der Waals surface area contributed by atoms with Gasteiger partial charge in [-0.1, -0.05) is 19.1 Å². The van der Waals surface area contributed by atoms with Crippen molar-refractivity contribution in [2.45, 2.75) is 20.3 Å². The van der Waals surface area contributed by atoms with Crippen LogP contribution in [0.1, 0.15) is 29.8 Å². The van der Waals surface area contributed by atoms with Crippen LogP contribution in [-0.2, 0) is 6.42 Å². The van der Waals surface area contributed by atoms with Gasteiger partial charge in [-0.3, -0.25) is 4.79 Å². The molecule has 0 atom stereocenters. The maximum absolute atomic E-state index is 12.4. The highest BCUT2D eigenvalue weighted by atomic mass is 79.9. The summed E-state index contributed by atoms with van der Waals surface area (Å²) in [6.07, 6.45) is 0.970. The van der Waals surface area contributed by atoms with Crippen LogP contribution in [0, 0.1) is 0 Å².